The van der Waals surface area contributed by atoms with E-state index in [1.165, 1.54) is 18.2 Å². The number of carbonyl (C=O) groups is 1. The SMILES string of the molecule is C=CC(O)c1ccc(O)c(NC(=O)OC(C)(C)C)c1. The van der Waals surface area contributed by atoms with Crippen molar-refractivity contribution in [3.05, 3.63) is 36.4 Å². The van der Waals surface area contributed by atoms with Gasteiger partial charge in [0.05, 0.1) is 11.8 Å². The molecule has 5 nitrogen and oxygen atoms in total. The van der Waals surface area contributed by atoms with Crippen molar-refractivity contribution in [2.75, 3.05) is 5.32 Å². The van der Waals surface area contributed by atoms with E-state index < -0.39 is 17.8 Å². The molecule has 5 heteroatoms. The van der Waals surface area contributed by atoms with Gasteiger partial charge in [0.1, 0.15) is 11.4 Å². The average Bonchev–Trinajstić information content (AvgIpc) is 2.28. The van der Waals surface area contributed by atoms with Crippen LogP contribution in [0.2, 0.25) is 0 Å². The molecule has 0 aliphatic rings. The number of carbonyl (C=O) groups excluding carboxylic acids is 1. The summed E-state index contributed by atoms with van der Waals surface area (Å²) in [6.07, 6.45) is -0.184. The summed E-state index contributed by atoms with van der Waals surface area (Å²) in [6.45, 7) is 8.70. The Labute approximate surface area is 112 Å². The number of anilines is 1. The monoisotopic (exact) mass is 265 g/mol. The van der Waals surface area contributed by atoms with Gasteiger partial charge in [0.25, 0.3) is 0 Å². The van der Waals surface area contributed by atoms with Gasteiger partial charge in [-0.05, 0) is 38.5 Å². The number of amides is 1. The smallest absolute Gasteiger partial charge is 0.412 e. The van der Waals surface area contributed by atoms with Gasteiger partial charge in [0.15, 0.2) is 0 Å². The van der Waals surface area contributed by atoms with Gasteiger partial charge >= 0.3 is 6.09 Å². The molecule has 1 aromatic carbocycles. The van der Waals surface area contributed by atoms with Crippen LogP contribution in [0.4, 0.5) is 10.5 Å². The van der Waals surface area contributed by atoms with Crippen molar-refractivity contribution in [3.63, 3.8) is 0 Å². The number of hydrogen-bond donors (Lipinski definition) is 3. The molecule has 0 saturated carbocycles. The highest BCUT2D eigenvalue weighted by molar-refractivity contribution is 5.87. The fourth-order valence-corrected chi connectivity index (χ4v) is 1.39. The Kier molecular flexibility index (Phi) is 4.56. The van der Waals surface area contributed by atoms with E-state index in [4.69, 9.17) is 4.74 Å². The van der Waals surface area contributed by atoms with E-state index in [0.717, 1.165) is 0 Å². The van der Waals surface area contributed by atoms with Gasteiger partial charge in [0.2, 0.25) is 0 Å². The fraction of sp³-hybridized carbons (Fsp3) is 0.357. The number of rotatable bonds is 3. The Morgan fingerprint density at radius 1 is 1.47 bits per heavy atom. The molecule has 3 N–H and O–H groups in total. The second kappa shape index (κ2) is 5.75. The first kappa shape index (κ1) is 15.0. The van der Waals surface area contributed by atoms with Crippen molar-refractivity contribution < 1.29 is 19.7 Å². The zero-order valence-electron chi connectivity index (χ0n) is 11.3. The first-order chi connectivity index (χ1) is 8.73. The highest BCUT2D eigenvalue weighted by Crippen LogP contribution is 2.27. The summed E-state index contributed by atoms with van der Waals surface area (Å²) in [5, 5.41) is 21.7. The number of benzene rings is 1. The second-order valence-corrected chi connectivity index (χ2v) is 5.08. The highest BCUT2D eigenvalue weighted by atomic mass is 16.6. The minimum Gasteiger partial charge on any atom is -0.506 e. The number of hydrogen-bond acceptors (Lipinski definition) is 4. The summed E-state index contributed by atoms with van der Waals surface area (Å²) in [6, 6.07) is 4.39. The number of aliphatic hydroxyl groups excluding tert-OH is 1. The third kappa shape index (κ3) is 4.63. The molecule has 0 saturated heterocycles. The molecule has 0 fully saturated rings. The highest BCUT2D eigenvalue weighted by Gasteiger charge is 2.17. The minimum absolute atomic E-state index is 0.106. The van der Waals surface area contributed by atoms with E-state index in [1.54, 1.807) is 26.8 Å². The quantitative estimate of drug-likeness (QED) is 0.580. The lowest BCUT2D eigenvalue weighted by molar-refractivity contribution is 0.0635. The molecule has 19 heavy (non-hydrogen) atoms. The molecule has 1 aromatic rings. The molecule has 1 unspecified atom stereocenters. The molecule has 0 aliphatic carbocycles. The molecule has 0 heterocycles. The van der Waals surface area contributed by atoms with Crippen molar-refractivity contribution in [1.29, 1.82) is 0 Å². The Hall–Kier alpha value is -2.01. The minimum atomic E-state index is -0.861. The van der Waals surface area contributed by atoms with Crippen LogP contribution in [0.1, 0.15) is 32.4 Å². The third-order valence-corrected chi connectivity index (χ3v) is 2.22. The summed E-state index contributed by atoms with van der Waals surface area (Å²) >= 11 is 0. The number of ether oxygens (including phenoxy) is 1. The van der Waals surface area contributed by atoms with Crippen molar-refractivity contribution in [1.82, 2.24) is 0 Å². The van der Waals surface area contributed by atoms with Gasteiger partial charge in [-0.2, -0.15) is 0 Å². The summed E-state index contributed by atoms with van der Waals surface area (Å²) in [7, 11) is 0. The van der Waals surface area contributed by atoms with Gasteiger partial charge in [-0.1, -0.05) is 12.1 Å². The molecule has 0 bridgehead atoms. The predicted molar refractivity (Wildman–Crippen MR) is 73.1 cm³/mol. The zero-order chi connectivity index (χ0) is 14.6. The first-order valence-corrected chi connectivity index (χ1v) is 5.86. The van der Waals surface area contributed by atoms with Crippen molar-refractivity contribution in [3.8, 4) is 5.75 Å². The van der Waals surface area contributed by atoms with Gasteiger partial charge in [-0.25, -0.2) is 4.79 Å². The van der Waals surface area contributed by atoms with Crippen LogP contribution in [-0.4, -0.2) is 21.9 Å². The molecule has 1 atom stereocenters. The lowest BCUT2D eigenvalue weighted by Crippen LogP contribution is -2.27. The maximum absolute atomic E-state index is 11.6. The largest absolute Gasteiger partial charge is 0.506 e. The lowest BCUT2D eigenvalue weighted by Gasteiger charge is -2.20. The topological polar surface area (TPSA) is 78.8 Å². The van der Waals surface area contributed by atoms with Crippen LogP contribution in [0.5, 0.6) is 5.75 Å². The summed E-state index contributed by atoms with van der Waals surface area (Å²) in [5.74, 6) is -0.106. The van der Waals surface area contributed by atoms with Gasteiger partial charge < -0.3 is 14.9 Å². The normalized spacial score (nSPS) is 12.6. The Balaban J connectivity index is 2.88. The van der Waals surface area contributed by atoms with E-state index in [1.807, 2.05) is 0 Å². The van der Waals surface area contributed by atoms with E-state index in [9.17, 15) is 15.0 Å². The fourth-order valence-electron chi connectivity index (χ4n) is 1.39. The number of phenols is 1. The average molecular weight is 265 g/mol. The van der Waals surface area contributed by atoms with Crippen LogP contribution < -0.4 is 5.32 Å². The Morgan fingerprint density at radius 2 is 2.11 bits per heavy atom. The van der Waals surface area contributed by atoms with E-state index in [2.05, 4.69) is 11.9 Å². The van der Waals surface area contributed by atoms with Crippen LogP contribution in [0.15, 0.2) is 30.9 Å². The van der Waals surface area contributed by atoms with Gasteiger partial charge in [-0.15, -0.1) is 6.58 Å². The van der Waals surface area contributed by atoms with Crippen LogP contribution in [0, 0.1) is 0 Å². The third-order valence-electron chi connectivity index (χ3n) is 2.22. The summed E-state index contributed by atoms with van der Waals surface area (Å²) in [5.41, 5.74) is 0.0595. The van der Waals surface area contributed by atoms with Crippen LogP contribution in [0.3, 0.4) is 0 Å². The number of nitrogens with one attached hydrogen (secondary N) is 1. The molecule has 0 aliphatic heterocycles. The molecular formula is C14H19NO4. The van der Waals surface area contributed by atoms with Gasteiger partial charge in [0, 0.05) is 0 Å². The van der Waals surface area contributed by atoms with E-state index in [-0.39, 0.29) is 11.4 Å². The van der Waals surface area contributed by atoms with E-state index >= 15 is 0 Å². The maximum atomic E-state index is 11.6. The first-order valence-electron chi connectivity index (χ1n) is 5.86. The molecule has 1 amide bonds. The molecule has 1 rings (SSSR count). The number of aliphatic hydroxyl groups is 1. The molecule has 0 spiro atoms. The second-order valence-electron chi connectivity index (χ2n) is 5.08. The molecule has 0 aromatic heterocycles. The van der Waals surface area contributed by atoms with E-state index in [0.29, 0.717) is 5.56 Å². The molecule has 104 valence electrons. The van der Waals surface area contributed by atoms with Crippen molar-refractivity contribution >= 4 is 11.8 Å². The van der Waals surface area contributed by atoms with Crippen LogP contribution in [-0.2, 0) is 4.74 Å². The standard InChI is InChI=1S/C14H19NO4/c1-5-11(16)9-6-7-12(17)10(8-9)15-13(18)19-14(2,3)4/h5-8,11,16-17H,1H2,2-4H3,(H,15,18). The summed E-state index contributed by atoms with van der Waals surface area (Å²) < 4.78 is 5.08. The summed E-state index contributed by atoms with van der Waals surface area (Å²) in [4.78, 5) is 11.6. The van der Waals surface area contributed by atoms with Crippen molar-refractivity contribution in [2.24, 2.45) is 0 Å². The molecule has 0 radical (unpaired) electrons. The number of phenolic OH excluding ortho intramolecular Hbond substituents is 1. The maximum Gasteiger partial charge on any atom is 0.412 e. The predicted octanol–water partition coefficient (Wildman–Crippen LogP) is 2.96. The number of aromatic hydroxyl groups is 1. The Bertz CT molecular complexity index is 477. The Morgan fingerprint density at radius 3 is 2.63 bits per heavy atom. The van der Waals surface area contributed by atoms with Crippen LogP contribution >= 0.6 is 0 Å². The lowest BCUT2D eigenvalue weighted by atomic mass is 10.1. The van der Waals surface area contributed by atoms with Crippen LogP contribution in [0.25, 0.3) is 0 Å². The zero-order valence-corrected chi connectivity index (χ0v) is 11.3. The van der Waals surface area contributed by atoms with Gasteiger partial charge in [-0.3, -0.25) is 5.32 Å². The van der Waals surface area contributed by atoms with Crippen molar-refractivity contribution in [2.45, 2.75) is 32.5 Å². The molecular weight excluding hydrogens is 246 g/mol.